The fourth-order valence-electron chi connectivity index (χ4n) is 1.98. The maximum Gasteiger partial charge on any atom is 0.154 e. The van der Waals surface area contributed by atoms with Crippen LogP contribution >= 0.6 is 0 Å². The second kappa shape index (κ2) is 4.94. The molecule has 0 N–H and O–H groups in total. The Labute approximate surface area is 109 Å². The highest BCUT2D eigenvalue weighted by Gasteiger charge is 2.08. The quantitative estimate of drug-likeness (QED) is 0.670. The Morgan fingerprint density at radius 3 is 2.89 bits per heavy atom. The van der Waals surface area contributed by atoms with Gasteiger partial charge in [-0.3, -0.25) is 4.79 Å². The van der Waals surface area contributed by atoms with E-state index in [-0.39, 0.29) is 0 Å². The van der Waals surface area contributed by atoms with Crippen molar-refractivity contribution in [2.75, 3.05) is 0 Å². The third kappa shape index (κ3) is 2.20. The number of ether oxygens (including phenoxy) is 1. The highest BCUT2D eigenvalue weighted by molar-refractivity contribution is 6.00. The van der Waals surface area contributed by atoms with E-state index in [9.17, 15) is 4.79 Å². The summed E-state index contributed by atoms with van der Waals surface area (Å²) < 4.78 is 10.4. The van der Waals surface area contributed by atoms with E-state index in [0.717, 1.165) is 22.6 Å². The number of hydrogen-bond donors (Lipinski definition) is 0. The van der Waals surface area contributed by atoms with Crippen LogP contribution in [0.1, 0.15) is 15.9 Å². The first-order chi connectivity index (χ1) is 9.38. The van der Waals surface area contributed by atoms with Gasteiger partial charge in [-0.15, -0.1) is 0 Å². The predicted molar refractivity (Wildman–Crippen MR) is 70.2 cm³/mol. The zero-order valence-corrected chi connectivity index (χ0v) is 10.1. The van der Waals surface area contributed by atoms with E-state index in [1.807, 2.05) is 30.3 Å². The van der Waals surface area contributed by atoms with Crippen LogP contribution in [-0.4, -0.2) is 11.4 Å². The molecule has 0 aliphatic carbocycles. The first-order valence-corrected chi connectivity index (χ1v) is 5.86. The highest BCUT2D eigenvalue weighted by Crippen LogP contribution is 2.27. The fourth-order valence-corrected chi connectivity index (χ4v) is 1.98. The number of nitrogens with zero attached hydrogens (tertiary/aromatic N) is 1. The summed E-state index contributed by atoms with van der Waals surface area (Å²) in [5, 5.41) is 5.51. The van der Waals surface area contributed by atoms with E-state index < -0.39 is 0 Å². The number of carbonyl (C=O) groups is 1. The largest absolute Gasteiger partial charge is 0.488 e. The molecule has 4 nitrogen and oxygen atoms in total. The second-order valence-electron chi connectivity index (χ2n) is 4.14. The van der Waals surface area contributed by atoms with Crippen LogP contribution in [0.4, 0.5) is 0 Å². The normalized spacial score (nSPS) is 10.5. The molecule has 0 radical (unpaired) electrons. The minimum atomic E-state index is 0.322. The first kappa shape index (κ1) is 11.5. The minimum absolute atomic E-state index is 0.322. The molecule has 0 unspecified atom stereocenters. The van der Waals surface area contributed by atoms with Crippen LogP contribution < -0.4 is 4.74 Å². The topological polar surface area (TPSA) is 52.3 Å². The van der Waals surface area contributed by atoms with Gasteiger partial charge in [-0.2, -0.15) is 0 Å². The molecule has 0 amide bonds. The van der Waals surface area contributed by atoms with Crippen molar-refractivity contribution in [2.24, 2.45) is 0 Å². The molecule has 3 rings (SSSR count). The van der Waals surface area contributed by atoms with Gasteiger partial charge in [0.25, 0.3) is 0 Å². The lowest BCUT2D eigenvalue weighted by Crippen LogP contribution is -1.98. The molecule has 19 heavy (non-hydrogen) atoms. The van der Waals surface area contributed by atoms with Gasteiger partial charge in [0.15, 0.2) is 6.29 Å². The van der Waals surface area contributed by atoms with Crippen molar-refractivity contribution in [3.8, 4) is 5.75 Å². The molecule has 0 atom stereocenters. The number of carbonyl (C=O) groups excluding carboxylic acids is 1. The monoisotopic (exact) mass is 253 g/mol. The highest BCUT2D eigenvalue weighted by atomic mass is 16.5. The molecule has 2 aromatic carbocycles. The van der Waals surface area contributed by atoms with Gasteiger partial charge >= 0.3 is 0 Å². The number of aldehydes is 1. The molecule has 1 aromatic heterocycles. The van der Waals surface area contributed by atoms with E-state index in [4.69, 9.17) is 9.26 Å². The molecule has 0 saturated carbocycles. The van der Waals surface area contributed by atoms with Gasteiger partial charge < -0.3 is 9.26 Å². The summed E-state index contributed by atoms with van der Waals surface area (Å²) >= 11 is 0. The van der Waals surface area contributed by atoms with Gasteiger partial charge in [-0.1, -0.05) is 35.5 Å². The van der Waals surface area contributed by atoms with Gasteiger partial charge in [-0.25, -0.2) is 0 Å². The van der Waals surface area contributed by atoms with Gasteiger partial charge in [0.2, 0.25) is 0 Å². The Kier molecular flexibility index (Phi) is 2.98. The average Bonchev–Trinajstić information content (AvgIpc) is 2.97. The summed E-state index contributed by atoms with van der Waals surface area (Å²) in [6, 6.07) is 11.5. The molecule has 4 heteroatoms. The maximum atomic E-state index is 11.3. The summed E-state index contributed by atoms with van der Waals surface area (Å²) in [7, 11) is 0. The van der Waals surface area contributed by atoms with E-state index in [0.29, 0.717) is 17.9 Å². The summed E-state index contributed by atoms with van der Waals surface area (Å²) in [5.74, 6) is 0.565. The summed E-state index contributed by atoms with van der Waals surface area (Å²) in [6.07, 6.45) is 3.93. The van der Waals surface area contributed by atoms with Crippen molar-refractivity contribution >= 4 is 17.1 Å². The molecule has 0 saturated heterocycles. The average molecular weight is 253 g/mol. The smallest absolute Gasteiger partial charge is 0.154 e. The van der Waals surface area contributed by atoms with E-state index in [1.54, 1.807) is 12.3 Å². The summed E-state index contributed by atoms with van der Waals surface area (Å²) in [5.41, 5.74) is 1.39. The van der Waals surface area contributed by atoms with E-state index in [2.05, 4.69) is 5.16 Å². The maximum absolute atomic E-state index is 11.3. The van der Waals surface area contributed by atoms with Crippen molar-refractivity contribution in [3.63, 3.8) is 0 Å². The van der Waals surface area contributed by atoms with Crippen LogP contribution in [-0.2, 0) is 6.61 Å². The molecule has 3 aromatic rings. The van der Waals surface area contributed by atoms with E-state index in [1.165, 1.54) is 6.26 Å². The molecule has 1 heterocycles. The zero-order valence-electron chi connectivity index (χ0n) is 10.1. The Morgan fingerprint density at radius 1 is 1.21 bits per heavy atom. The fraction of sp³-hybridized carbons (Fsp3) is 0.0667. The molecule has 0 fully saturated rings. The van der Waals surface area contributed by atoms with Crippen molar-refractivity contribution < 1.29 is 14.1 Å². The third-order valence-electron chi connectivity index (χ3n) is 2.93. The van der Waals surface area contributed by atoms with Gasteiger partial charge in [0.1, 0.15) is 18.6 Å². The minimum Gasteiger partial charge on any atom is -0.488 e. The Hall–Kier alpha value is -2.62. The van der Waals surface area contributed by atoms with Crippen LogP contribution in [0.2, 0.25) is 0 Å². The first-order valence-electron chi connectivity index (χ1n) is 5.86. The number of benzene rings is 2. The van der Waals surface area contributed by atoms with E-state index >= 15 is 0 Å². The second-order valence-corrected chi connectivity index (χ2v) is 4.14. The van der Waals surface area contributed by atoms with Crippen molar-refractivity contribution in [3.05, 3.63) is 60.0 Å². The van der Waals surface area contributed by atoms with Gasteiger partial charge in [0.05, 0.1) is 11.8 Å². The lowest BCUT2D eigenvalue weighted by Gasteiger charge is -2.09. The van der Waals surface area contributed by atoms with Gasteiger partial charge in [-0.05, 0) is 16.8 Å². The lowest BCUT2D eigenvalue weighted by molar-refractivity contribution is 0.112. The third-order valence-corrected chi connectivity index (χ3v) is 2.93. The molecule has 94 valence electrons. The number of aromatic nitrogens is 1. The van der Waals surface area contributed by atoms with Crippen molar-refractivity contribution in [2.45, 2.75) is 6.61 Å². The molecular weight excluding hydrogens is 242 g/mol. The number of rotatable bonds is 4. The predicted octanol–water partition coefficient (Wildman–Crippen LogP) is 3.22. The zero-order chi connectivity index (χ0) is 13.1. The van der Waals surface area contributed by atoms with Crippen LogP contribution in [0.3, 0.4) is 0 Å². The van der Waals surface area contributed by atoms with Crippen molar-refractivity contribution in [1.29, 1.82) is 0 Å². The molecule has 0 spiro atoms. The lowest BCUT2D eigenvalue weighted by atomic mass is 10.0. The molecule has 0 aliphatic rings. The van der Waals surface area contributed by atoms with Crippen molar-refractivity contribution in [1.82, 2.24) is 5.16 Å². The Morgan fingerprint density at radius 2 is 2.11 bits per heavy atom. The van der Waals surface area contributed by atoms with Crippen LogP contribution in [0.5, 0.6) is 5.75 Å². The SMILES string of the molecule is O=Cc1c(OCc2cnoc2)ccc2ccccc12. The van der Waals surface area contributed by atoms with Gasteiger partial charge in [0, 0.05) is 5.56 Å². The summed E-state index contributed by atoms with van der Waals surface area (Å²) in [6.45, 7) is 0.322. The molecule has 0 aliphatic heterocycles. The van der Waals surface area contributed by atoms with Crippen LogP contribution in [0.15, 0.2) is 53.4 Å². The van der Waals surface area contributed by atoms with Crippen LogP contribution in [0.25, 0.3) is 10.8 Å². The molecular formula is C15H11NO3. The number of hydrogen-bond acceptors (Lipinski definition) is 4. The Bertz CT molecular complexity index is 704. The standard InChI is InChI=1S/C15H11NO3/c17-8-14-13-4-2-1-3-12(13)5-6-15(14)18-9-11-7-16-19-10-11/h1-8,10H,9H2. The molecule has 0 bridgehead atoms. The number of fused-ring (bicyclic) bond motifs is 1. The summed E-state index contributed by atoms with van der Waals surface area (Å²) in [4.78, 5) is 11.3. The Balaban J connectivity index is 1.96. The van der Waals surface area contributed by atoms with Crippen LogP contribution in [0, 0.1) is 0 Å².